The standard InChI is InChI=1S/C21H19N3O2/c25-19-13-16-3-1-2-4-18(16)21(19)23-20(26)10-7-15-5-8-17(9-6-15)24-12-11-22-14-24/h1-12,14,19,21,25H,13H2,(H,23,26)/b10-7+. The molecule has 3 aromatic rings. The number of benzene rings is 2. The van der Waals surface area contributed by atoms with E-state index in [0.29, 0.717) is 6.42 Å². The molecule has 2 aromatic carbocycles. The summed E-state index contributed by atoms with van der Waals surface area (Å²) >= 11 is 0. The second-order valence-corrected chi connectivity index (χ2v) is 6.35. The van der Waals surface area contributed by atoms with Gasteiger partial charge in [-0.2, -0.15) is 0 Å². The number of carbonyl (C=O) groups excluding carboxylic acids is 1. The van der Waals surface area contributed by atoms with Crippen molar-refractivity contribution in [2.24, 2.45) is 0 Å². The molecule has 4 rings (SSSR count). The molecule has 0 saturated carbocycles. The molecule has 0 spiro atoms. The molecule has 2 unspecified atom stereocenters. The van der Waals surface area contributed by atoms with Gasteiger partial charge in [0.1, 0.15) is 0 Å². The van der Waals surface area contributed by atoms with Crippen molar-refractivity contribution in [2.45, 2.75) is 18.6 Å². The van der Waals surface area contributed by atoms with Crippen molar-refractivity contribution >= 4 is 12.0 Å². The summed E-state index contributed by atoms with van der Waals surface area (Å²) in [5.74, 6) is -0.218. The highest BCUT2D eigenvalue weighted by Crippen LogP contribution is 2.31. The molecule has 1 aromatic heterocycles. The largest absolute Gasteiger partial charge is 0.390 e. The number of aliphatic hydroxyl groups is 1. The number of amides is 1. The topological polar surface area (TPSA) is 67.2 Å². The lowest BCUT2D eigenvalue weighted by Gasteiger charge is -2.16. The van der Waals surface area contributed by atoms with E-state index in [1.54, 1.807) is 18.6 Å². The fourth-order valence-electron chi connectivity index (χ4n) is 3.29. The van der Waals surface area contributed by atoms with E-state index in [1.807, 2.05) is 59.3 Å². The highest BCUT2D eigenvalue weighted by Gasteiger charge is 2.31. The van der Waals surface area contributed by atoms with Crippen LogP contribution < -0.4 is 5.32 Å². The summed E-state index contributed by atoms with van der Waals surface area (Å²) in [6.45, 7) is 0. The monoisotopic (exact) mass is 345 g/mol. The minimum atomic E-state index is -0.584. The number of nitrogens with zero attached hydrogens (tertiary/aromatic N) is 2. The molecule has 5 nitrogen and oxygen atoms in total. The number of aliphatic hydroxyl groups excluding tert-OH is 1. The SMILES string of the molecule is O=C(/C=C/c1ccc(-n2ccnc2)cc1)NC1c2ccccc2CC1O. The summed E-state index contributed by atoms with van der Waals surface area (Å²) in [6, 6.07) is 15.3. The number of nitrogens with one attached hydrogen (secondary N) is 1. The van der Waals surface area contributed by atoms with Crippen molar-refractivity contribution in [2.75, 3.05) is 0 Å². The molecule has 0 aliphatic heterocycles. The van der Waals surface area contributed by atoms with Crippen LogP contribution in [0.15, 0.2) is 73.3 Å². The van der Waals surface area contributed by atoms with Gasteiger partial charge in [-0.1, -0.05) is 36.4 Å². The molecule has 0 saturated heterocycles. The Morgan fingerprint density at radius 3 is 2.77 bits per heavy atom. The van der Waals surface area contributed by atoms with E-state index in [-0.39, 0.29) is 11.9 Å². The third-order valence-corrected chi connectivity index (χ3v) is 4.62. The Morgan fingerprint density at radius 2 is 2.00 bits per heavy atom. The first-order valence-corrected chi connectivity index (χ1v) is 8.53. The Kier molecular flexibility index (Phi) is 4.37. The van der Waals surface area contributed by atoms with Crippen molar-refractivity contribution in [1.29, 1.82) is 0 Å². The Bertz CT molecular complexity index is 930. The maximum atomic E-state index is 12.3. The maximum Gasteiger partial charge on any atom is 0.244 e. The quantitative estimate of drug-likeness (QED) is 0.715. The fourth-order valence-corrected chi connectivity index (χ4v) is 3.29. The average Bonchev–Trinajstić information content (AvgIpc) is 3.29. The van der Waals surface area contributed by atoms with Crippen molar-refractivity contribution in [3.8, 4) is 5.69 Å². The highest BCUT2D eigenvalue weighted by atomic mass is 16.3. The lowest BCUT2D eigenvalue weighted by Crippen LogP contribution is -2.32. The molecule has 26 heavy (non-hydrogen) atoms. The van der Waals surface area contributed by atoms with E-state index in [1.165, 1.54) is 6.08 Å². The van der Waals surface area contributed by atoms with Crippen LogP contribution in [0, 0.1) is 0 Å². The number of rotatable bonds is 4. The predicted octanol–water partition coefficient (Wildman–Crippen LogP) is 2.66. The van der Waals surface area contributed by atoms with Crippen LogP contribution in [0.25, 0.3) is 11.8 Å². The lowest BCUT2D eigenvalue weighted by molar-refractivity contribution is -0.117. The number of hydrogen-bond donors (Lipinski definition) is 2. The zero-order valence-corrected chi connectivity index (χ0v) is 14.1. The number of carbonyl (C=O) groups is 1. The van der Waals surface area contributed by atoms with Crippen LogP contribution in [-0.4, -0.2) is 26.7 Å². The van der Waals surface area contributed by atoms with Crippen molar-refractivity contribution in [3.63, 3.8) is 0 Å². The Labute approximate surface area is 151 Å². The Balaban J connectivity index is 1.42. The Morgan fingerprint density at radius 1 is 1.19 bits per heavy atom. The second-order valence-electron chi connectivity index (χ2n) is 6.35. The molecule has 5 heteroatoms. The fraction of sp³-hybridized carbons (Fsp3) is 0.143. The van der Waals surface area contributed by atoms with E-state index in [9.17, 15) is 9.90 Å². The highest BCUT2D eigenvalue weighted by molar-refractivity contribution is 5.92. The van der Waals surface area contributed by atoms with Gasteiger partial charge < -0.3 is 15.0 Å². The van der Waals surface area contributed by atoms with Gasteiger partial charge in [0, 0.05) is 30.6 Å². The number of hydrogen-bond acceptors (Lipinski definition) is 3. The predicted molar refractivity (Wildman–Crippen MR) is 99.6 cm³/mol. The van der Waals surface area contributed by atoms with Gasteiger partial charge in [-0.15, -0.1) is 0 Å². The molecule has 0 fully saturated rings. The first-order valence-electron chi connectivity index (χ1n) is 8.53. The molecule has 0 bridgehead atoms. The van der Waals surface area contributed by atoms with Crippen molar-refractivity contribution in [1.82, 2.24) is 14.9 Å². The van der Waals surface area contributed by atoms with Crippen LogP contribution in [0.5, 0.6) is 0 Å². The second kappa shape index (κ2) is 6.98. The van der Waals surface area contributed by atoms with Gasteiger partial charge in [0.2, 0.25) is 5.91 Å². The van der Waals surface area contributed by atoms with Crippen LogP contribution in [0.2, 0.25) is 0 Å². The molecule has 0 radical (unpaired) electrons. The van der Waals surface area contributed by atoms with Crippen LogP contribution in [0.3, 0.4) is 0 Å². The van der Waals surface area contributed by atoms with Gasteiger partial charge in [-0.05, 0) is 34.9 Å². The van der Waals surface area contributed by atoms with Crippen molar-refractivity contribution in [3.05, 3.63) is 90.0 Å². The van der Waals surface area contributed by atoms with Crippen LogP contribution in [-0.2, 0) is 11.2 Å². The van der Waals surface area contributed by atoms with Crippen LogP contribution >= 0.6 is 0 Å². The Hall–Kier alpha value is -3.18. The summed E-state index contributed by atoms with van der Waals surface area (Å²) in [6.07, 6.45) is 8.60. The molecule has 1 aliphatic rings. The molecule has 1 aliphatic carbocycles. The van der Waals surface area contributed by atoms with E-state index in [4.69, 9.17) is 0 Å². The first-order chi connectivity index (χ1) is 12.7. The molecule has 1 amide bonds. The van der Waals surface area contributed by atoms with E-state index in [2.05, 4.69) is 10.3 Å². The van der Waals surface area contributed by atoms with Gasteiger partial charge in [-0.25, -0.2) is 4.98 Å². The molecule has 2 N–H and O–H groups in total. The summed E-state index contributed by atoms with van der Waals surface area (Å²) in [5.41, 5.74) is 4.02. The normalized spacial score (nSPS) is 18.8. The van der Waals surface area contributed by atoms with Gasteiger partial charge in [0.15, 0.2) is 0 Å². The molecule has 130 valence electrons. The zero-order chi connectivity index (χ0) is 17.9. The summed E-state index contributed by atoms with van der Waals surface area (Å²) in [5, 5.41) is 13.1. The zero-order valence-electron chi connectivity index (χ0n) is 14.1. The molecule has 1 heterocycles. The minimum Gasteiger partial charge on any atom is -0.390 e. The van der Waals surface area contributed by atoms with Gasteiger partial charge in [0.25, 0.3) is 0 Å². The number of imidazole rings is 1. The summed E-state index contributed by atoms with van der Waals surface area (Å²) in [4.78, 5) is 16.3. The van der Waals surface area contributed by atoms with Crippen LogP contribution in [0.4, 0.5) is 0 Å². The van der Waals surface area contributed by atoms with Gasteiger partial charge >= 0.3 is 0 Å². The summed E-state index contributed by atoms with van der Waals surface area (Å²) in [7, 11) is 0. The van der Waals surface area contributed by atoms with E-state index >= 15 is 0 Å². The summed E-state index contributed by atoms with van der Waals surface area (Å²) < 4.78 is 1.92. The van der Waals surface area contributed by atoms with Crippen LogP contribution in [0.1, 0.15) is 22.7 Å². The third-order valence-electron chi connectivity index (χ3n) is 4.62. The molecule has 2 atom stereocenters. The van der Waals surface area contributed by atoms with Crippen molar-refractivity contribution < 1.29 is 9.90 Å². The maximum absolute atomic E-state index is 12.3. The van der Waals surface area contributed by atoms with E-state index < -0.39 is 6.10 Å². The van der Waals surface area contributed by atoms with Gasteiger partial charge in [-0.3, -0.25) is 4.79 Å². The smallest absolute Gasteiger partial charge is 0.244 e. The third kappa shape index (κ3) is 3.30. The minimum absolute atomic E-state index is 0.218. The number of aromatic nitrogens is 2. The van der Waals surface area contributed by atoms with E-state index in [0.717, 1.165) is 22.4 Å². The average molecular weight is 345 g/mol. The molecular weight excluding hydrogens is 326 g/mol. The molecular formula is C21H19N3O2. The van der Waals surface area contributed by atoms with Gasteiger partial charge in [0.05, 0.1) is 18.5 Å². The first kappa shape index (κ1) is 16.3. The number of fused-ring (bicyclic) bond motifs is 1. The lowest BCUT2D eigenvalue weighted by atomic mass is 10.1.